The largest absolute Gasteiger partial charge is 0.416 e. The third-order valence-electron chi connectivity index (χ3n) is 6.01. The first-order valence-electron chi connectivity index (χ1n) is 11.1. The van der Waals surface area contributed by atoms with Crippen molar-refractivity contribution < 1.29 is 22.6 Å². The molecule has 0 radical (unpaired) electrons. The number of hydrogen-bond donors (Lipinski definition) is 0. The fourth-order valence-electron chi connectivity index (χ4n) is 4.16. The van der Waals surface area contributed by atoms with Gasteiger partial charge in [-0.15, -0.1) is 0 Å². The molecule has 0 saturated heterocycles. The lowest BCUT2D eigenvalue weighted by atomic mass is 9.85. The number of rotatable bonds is 15. The number of halogens is 3. The van der Waals surface area contributed by atoms with Gasteiger partial charge in [0.15, 0.2) is 5.79 Å². The molecule has 5 heteroatoms. The van der Waals surface area contributed by atoms with Crippen LogP contribution in [0.3, 0.4) is 0 Å². The fraction of sp³-hybridized carbons (Fsp3) is 0.750. The van der Waals surface area contributed by atoms with E-state index in [9.17, 15) is 13.2 Å². The van der Waals surface area contributed by atoms with Crippen molar-refractivity contribution in [2.75, 3.05) is 14.2 Å². The normalized spacial score (nSPS) is 13.6. The average Bonchev–Trinajstić information content (AvgIpc) is 2.71. The highest BCUT2D eigenvalue weighted by molar-refractivity contribution is 5.24. The molecule has 0 saturated carbocycles. The summed E-state index contributed by atoms with van der Waals surface area (Å²) in [5.74, 6) is -0.299. The van der Waals surface area contributed by atoms with Crippen molar-refractivity contribution in [1.82, 2.24) is 0 Å². The molecule has 0 aromatic heterocycles. The monoisotopic (exact) mass is 416 g/mol. The first-order chi connectivity index (χ1) is 13.8. The summed E-state index contributed by atoms with van der Waals surface area (Å²) in [5, 5.41) is 0. The Kier molecular flexibility index (Phi) is 11.9. The highest BCUT2D eigenvalue weighted by atomic mass is 19.4. The second kappa shape index (κ2) is 13.3. The molecule has 0 N–H and O–H groups in total. The molecular weight excluding hydrogens is 377 g/mol. The van der Waals surface area contributed by atoms with E-state index in [-0.39, 0.29) is 5.92 Å². The van der Waals surface area contributed by atoms with Crippen LogP contribution in [-0.2, 0) is 22.1 Å². The van der Waals surface area contributed by atoms with Crippen molar-refractivity contribution in [2.24, 2.45) is 5.92 Å². The van der Waals surface area contributed by atoms with Gasteiger partial charge in [-0.2, -0.15) is 13.2 Å². The van der Waals surface area contributed by atoms with Crippen LogP contribution >= 0.6 is 0 Å². The molecule has 0 bridgehead atoms. The van der Waals surface area contributed by atoms with Crippen molar-refractivity contribution in [3.63, 3.8) is 0 Å². The summed E-state index contributed by atoms with van der Waals surface area (Å²) >= 11 is 0. The van der Waals surface area contributed by atoms with Gasteiger partial charge in [0.05, 0.1) is 5.56 Å². The first-order valence-corrected chi connectivity index (χ1v) is 11.1. The zero-order valence-electron chi connectivity index (χ0n) is 18.6. The van der Waals surface area contributed by atoms with Crippen LogP contribution < -0.4 is 0 Å². The van der Waals surface area contributed by atoms with Gasteiger partial charge in [0.2, 0.25) is 0 Å². The fourth-order valence-corrected chi connectivity index (χ4v) is 4.16. The molecule has 1 atom stereocenters. The molecule has 0 aliphatic carbocycles. The van der Waals surface area contributed by atoms with Gasteiger partial charge in [0.1, 0.15) is 0 Å². The Balaban J connectivity index is 2.61. The predicted octanol–water partition coefficient (Wildman–Crippen LogP) is 7.79. The molecule has 2 nitrogen and oxygen atoms in total. The first kappa shape index (κ1) is 26.0. The maximum Gasteiger partial charge on any atom is 0.416 e. The third-order valence-corrected chi connectivity index (χ3v) is 6.01. The number of alkyl halides is 3. The Morgan fingerprint density at radius 3 is 1.86 bits per heavy atom. The van der Waals surface area contributed by atoms with E-state index in [1.165, 1.54) is 44.2 Å². The molecule has 0 fully saturated rings. The van der Waals surface area contributed by atoms with Crippen LogP contribution in [0, 0.1) is 5.92 Å². The van der Waals surface area contributed by atoms with Gasteiger partial charge in [0.25, 0.3) is 0 Å². The van der Waals surface area contributed by atoms with Gasteiger partial charge in [-0.25, -0.2) is 0 Å². The van der Waals surface area contributed by atoms with Crippen molar-refractivity contribution in [2.45, 2.75) is 96.4 Å². The number of unbranched alkanes of at least 4 members (excludes halogenated alkanes) is 5. The minimum absolute atomic E-state index is 0.281. The molecule has 0 heterocycles. The van der Waals surface area contributed by atoms with Crippen LogP contribution in [-0.4, -0.2) is 20.0 Å². The van der Waals surface area contributed by atoms with E-state index in [0.29, 0.717) is 0 Å². The standard InChI is InChI=1S/C24H39F3O2/c1-5-7-8-9-10-11-14-21(23(6-2,28-3)29-4)15-12-13-20-16-18-22(19-17-20)24(25,26)27/h16-19,21H,5-15H2,1-4H3. The highest BCUT2D eigenvalue weighted by Gasteiger charge is 2.36. The van der Waals surface area contributed by atoms with Crippen LogP contribution in [0.25, 0.3) is 0 Å². The van der Waals surface area contributed by atoms with E-state index in [1.54, 1.807) is 26.4 Å². The summed E-state index contributed by atoms with van der Waals surface area (Å²) in [6.07, 6.45) is 7.64. The molecule has 0 amide bonds. The summed E-state index contributed by atoms with van der Waals surface area (Å²) in [7, 11) is 3.41. The van der Waals surface area contributed by atoms with Crippen LogP contribution in [0.15, 0.2) is 24.3 Å². The van der Waals surface area contributed by atoms with Gasteiger partial charge in [-0.3, -0.25) is 0 Å². The van der Waals surface area contributed by atoms with Gasteiger partial charge in [-0.05, 0) is 49.8 Å². The molecule has 1 aromatic rings. The van der Waals surface area contributed by atoms with Gasteiger partial charge in [-0.1, -0.05) is 64.5 Å². The minimum atomic E-state index is -4.28. The number of ether oxygens (including phenoxy) is 2. The second-order valence-electron chi connectivity index (χ2n) is 7.91. The van der Waals surface area contributed by atoms with Gasteiger partial charge in [0, 0.05) is 20.1 Å². The Hall–Kier alpha value is -1.07. The summed E-state index contributed by atoms with van der Waals surface area (Å²) < 4.78 is 49.7. The summed E-state index contributed by atoms with van der Waals surface area (Å²) in [5.41, 5.74) is 0.346. The number of benzene rings is 1. The van der Waals surface area contributed by atoms with Crippen LogP contribution in [0.1, 0.15) is 89.2 Å². The zero-order valence-corrected chi connectivity index (χ0v) is 18.6. The average molecular weight is 417 g/mol. The highest BCUT2D eigenvalue weighted by Crippen LogP contribution is 2.35. The molecule has 0 aliphatic heterocycles. The van der Waals surface area contributed by atoms with E-state index in [2.05, 4.69) is 13.8 Å². The molecule has 1 rings (SSSR count). The molecule has 168 valence electrons. The second-order valence-corrected chi connectivity index (χ2v) is 7.91. The molecule has 1 unspecified atom stereocenters. The molecular formula is C24H39F3O2. The summed E-state index contributed by atoms with van der Waals surface area (Å²) in [6.45, 7) is 4.30. The molecule has 29 heavy (non-hydrogen) atoms. The molecule has 1 aromatic carbocycles. The lowest BCUT2D eigenvalue weighted by Gasteiger charge is -2.38. The van der Waals surface area contributed by atoms with Crippen LogP contribution in [0.2, 0.25) is 0 Å². The Labute approximate surface area is 175 Å². The van der Waals surface area contributed by atoms with E-state index < -0.39 is 17.5 Å². The SMILES string of the molecule is CCCCCCCCC(CCCc1ccc(C(F)(F)F)cc1)C(CC)(OC)OC. The lowest BCUT2D eigenvalue weighted by molar-refractivity contribution is -0.244. The maximum atomic E-state index is 12.7. The smallest absolute Gasteiger partial charge is 0.353 e. The van der Waals surface area contributed by atoms with E-state index in [4.69, 9.17) is 9.47 Å². The van der Waals surface area contributed by atoms with Crippen molar-refractivity contribution in [1.29, 1.82) is 0 Å². The Bertz CT molecular complexity index is 528. The van der Waals surface area contributed by atoms with E-state index in [0.717, 1.165) is 44.1 Å². The number of hydrogen-bond acceptors (Lipinski definition) is 2. The maximum absolute atomic E-state index is 12.7. The Morgan fingerprint density at radius 2 is 1.34 bits per heavy atom. The summed E-state index contributed by atoms with van der Waals surface area (Å²) in [6, 6.07) is 5.52. The third kappa shape index (κ3) is 8.67. The predicted molar refractivity (Wildman–Crippen MR) is 113 cm³/mol. The quantitative estimate of drug-likeness (QED) is 0.214. The van der Waals surface area contributed by atoms with Crippen molar-refractivity contribution in [3.8, 4) is 0 Å². The van der Waals surface area contributed by atoms with E-state index >= 15 is 0 Å². The summed E-state index contributed by atoms with van der Waals surface area (Å²) in [4.78, 5) is 0. The molecule has 0 spiro atoms. The van der Waals surface area contributed by atoms with Crippen LogP contribution in [0.4, 0.5) is 13.2 Å². The van der Waals surface area contributed by atoms with Crippen molar-refractivity contribution >= 4 is 0 Å². The van der Waals surface area contributed by atoms with Gasteiger partial charge < -0.3 is 9.47 Å². The Morgan fingerprint density at radius 1 is 0.793 bits per heavy atom. The topological polar surface area (TPSA) is 18.5 Å². The van der Waals surface area contributed by atoms with Gasteiger partial charge >= 0.3 is 6.18 Å². The zero-order chi connectivity index (χ0) is 21.8. The van der Waals surface area contributed by atoms with Crippen LogP contribution in [0.5, 0.6) is 0 Å². The number of methoxy groups -OCH3 is 2. The van der Waals surface area contributed by atoms with Crippen molar-refractivity contribution in [3.05, 3.63) is 35.4 Å². The number of aryl methyl sites for hydroxylation is 1. The lowest BCUT2D eigenvalue weighted by Crippen LogP contribution is -2.41. The van der Waals surface area contributed by atoms with E-state index in [1.807, 2.05) is 0 Å². The molecule has 0 aliphatic rings. The minimum Gasteiger partial charge on any atom is -0.353 e.